The summed E-state index contributed by atoms with van der Waals surface area (Å²) in [5.74, 6) is 1.08. The van der Waals surface area contributed by atoms with Crippen LogP contribution in [0.15, 0.2) is 53.1 Å². The summed E-state index contributed by atoms with van der Waals surface area (Å²) >= 11 is 0. The van der Waals surface area contributed by atoms with Crippen LogP contribution in [-0.2, 0) is 6.42 Å². The van der Waals surface area contributed by atoms with E-state index in [0.717, 1.165) is 31.1 Å². The molecule has 0 spiro atoms. The molecule has 0 amide bonds. The molecule has 0 aliphatic heterocycles. The molecule has 0 radical (unpaired) electrons. The van der Waals surface area contributed by atoms with Gasteiger partial charge >= 0.3 is 0 Å². The second-order valence-corrected chi connectivity index (χ2v) is 6.32. The number of benzene rings is 2. The van der Waals surface area contributed by atoms with Crippen molar-refractivity contribution in [2.24, 2.45) is 0 Å². The number of unbranched alkanes of at least 4 members (excludes halogenated alkanes) is 2. The quantitative estimate of drug-likeness (QED) is 0.380. The Morgan fingerprint density at radius 1 is 1.08 bits per heavy atom. The zero-order chi connectivity index (χ0) is 18.4. The van der Waals surface area contributed by atoms with E-state index in [-0.39, 0.29) is 5.78 Å². The Hall–Kier alpha value is -2.75. The first-order valence-electron chi connectivity index (χ1n) is 8.96. The summed E-state index contributed by atoms with van der Waals surface area (Å²) < 4.78 is 16.8. The van der Waals surface area contributed by atoms with E-state index < -0.39 is 0 Å². The van der Waals surface area contributed by atoms with Crippen LogP contribution in [0.25, 0.3) is 11.0 Å². The minimum atomic E-state index is -0.0505. The molecule has 0 saturated carbocycles. The highest BCUT2D eigenvalue weighted by atomic mass is 16.5. The van der Waals surface area contributed by atoms with Gasteiger partial charge in [0.05, 0.1) is 30.9 Å². The standard InChI is InChI=1S/C22H24O4/c1-16(23)19-15-20(24-2)22-18(12-14-26-22)21(19)25-13-8-4-7-11-17-9-5-3-6-10-17/h3,5-6,9-10,12,14-15H,4,7-8,11,13H2,1-2H3. The van der Waals surface area contributed by atoms with Crippen molar-refractivity contribution in [3.8, 4) is 11.5 Å². The fourth-order valence-electron chi connectivity index (χ4n) is 3.08. The molecule has 4 nitrogen and oxygen atoms in total. The number of carbonyl (C=O) groups is 1. The number of ketones is 1. The lowest BCUT2D eigenvalue weighted by atomic mass is 10.1. The van der Waals surface area contributed by atoms with E-state index in [0.29, 0.717) is 29.3 Å². The largest absolute Gasteiger partial charge is 0.493 e. The highest BCUT2D eigenvalue weighted by molar-refractivity contribution is 6.04. The normalized spacial score (nSPS) is 10.8. The molecule has 0 aliphatic carbocycles. The van der Waals surface area contributed by atoms with Crippen LogP contribution < -0.4 is 9.47 Å². The lowest BCUT2D eigenvalue weighted by Gasteiger charge is -2.13. The topological polar surface area (TPSA) is 48.7 Å². The van der Waals surface area contributed by atoms with Gasteiger partial charge in [0.15, 0.2) is 17.1 Å². The van der Waals surface area contributed by atoms with Gasteiger partial charge in [0.1, 0.15) is 5.75 Å². The second kappa shape index (κ2) is 8.56. The summed E-state index contributed by atoms with van der Waals surface area (Å²) in [6.45, 7) is 2.11. The highest BCUT2D eigenvalue weighted by Gasteiger charge is 2.19. The van der Waals surface area contributed by atoms with E-state index in [1.54, 1.807) is 19.4 Å². The molecule has 3 rings (SSSR count). The maximum absolute atomic E-state index is 12.0. The van der Waals surface area contributed by atoms with Gasteiger partial charge in [0, 0.05) is 0 Å². The van der Waals surface area contributed by atoms with Crippen LogP contribution in [0.2, 0.25) is 0 Å². The van der Waals surface area contributed by atoms with Gasteiger partial charge in [-0.25, -0.2) is 0 Å². The first kappa shape index (κ1) is 18.1. The third kappa shape index (κ3) is 4.07. The number of ether oxygens (including phenoxy) is 2. The number of rotatable bonds is 9. The molecule has 4 heteroatoms. The van der Waals surface area contributed by atoms with Crippen LogP contribution in [0.1, 0.15) is 42.1 Å². The molecule has 0 unspecified atom stereocenters. The number of carbonyl (C=O) groups excluding carboxylic acids is 1. The van der Waals surface area contributed by atoms with E-state index in [9.17, 15) is 4.79 Å². The zero-order valence-corrected chi connectivity index (χ0v) is 15.3. The number of furan rings is 1. The Bertz CT molecular complexity index is 864. The summed E-state index contributed by atoms with van der Waals surface area (Å²) in [7, 11) is 1.56. The lowest BCUT2D eigenvalue weighted by molar-refractivity contribution is 0.101. The number of hydrogen-bond donors (Lipinski definition) is 0. The van der Waals surface area contributed by atoms with Crippen molar-refractivity contribution in [3.63, 3.8) is 0 Å². The van der Waals surface area contributed by atoms with Crippen molar-refractivity contribution in [3.05, 3.63) is 59.9 Å². The molecule has 136 valence electrons. The molecule has 26 heavy (non-hydrogen) atoms. The van der Waals surface area contributed by atoms with Crippen molar-refractivity contribution in [2.75, 3.05) is 13.7 Å². The first-order chi connectivity index (χ1) is 12.7. The van der Waals surface area contributed by atoms with Gasteiger partial charge in [-0.05, 0) is 50.3 Å². The number of hydrogen-bond acceptors (Lipinski definition) is 4. The first-order valence-corrected chi connectivity index (χ1v) is 8.96. The molecular formula is C22H24O4. The third-order valence-electron chi connectivity index (χ3n) is 4.45. The molecule has 2 aromatic carbocycles. The predicted molar refractivity (Wildman–Crippen MR) is 102 cm³/mol. The summed E-state index contributed by atoms with van der Waals surface area (Å²) in [5.41, 5.74) is 2.50. The average molecular weight is 352 g/mol. The van der Waals surface area contributed by atoms with Crippen molar-refractivity contribution in [1.29, 1.82) is 0 Å². The van der Waals surface area contributed by atoms with E-state index in [1.165, 1.54) is 12.5 Å². The lowest BCUT2D eigenvalue weighted by Crippen LogP contribution is -2.04. The number of methoxy groups -OCH3 is 1. The van der Waals surface area contributed by atoms with E-state index in [2.05, 4.69) is 24.3 Å². The maximum Gasteiger partial charge on any atom is 0.179 e. The molecule has 0 fully saturated rings. The van der Waals surface area contributed by atoms with Crippen molar-refractivity contribution >= 4 is 16.8 Å². The number of aryl methyl sites for hydroxylation is 1. The van der Waals surface area contributed by atoms with Crippen molar-refractivity contribution < 1.29 is 18.7 Å². The zero-order valence-electron chi connectivity index (χ0n) is 15.3. The predicted octanol–water partition coefficient (Wildman–Crippen LogP) is 5.44. The van der Waals surface area contributed by atoms with E-state index >= 15 is 0 Å². The fraction of sp³-hybridized carbons (Fsp3) is 0.318. The summed E-state index contributed by atoms with van der Waals surface area (Å²) in [5, 5.41) is 0.777. The SMILES string of the molecule is COc1cc(C(C)=O)c(OCCCCCc2ccccc2)c2ccoc12. The smallest absolute Gasteiger partial charge is 0.179 e. The van der Waals surface area contributed by atoms with E-state index in [1.807, 2.05) is 12.1 Å². The molecule has 1 aromatic heterocycles. The van der Waals surface area contributed by atoms with Gasteiger partial charge in [0.25, 0.3) is 0 Å². The van der Waals surface area contributed by atoms with Gasteiger partial charge in [-0.15, -0.1) is 0 Å². The average Bonchev–Trinajstić information content (AvgIpc) is 3.14. The van der Waals surface area contributed by atoms with Crippen LogP contribution in [-0.4, -0.2) is 19.5 Å². The van der Waals surface area contributed by atoms with Gasteiger partial charge < -0.3 is 13.9 Å². The Morgan fingerprint density at radius 3 is 2.62 bits per heavy atom. The van der Waals surface area contributed by atoms with E-state index in [4.69, 9.17) is 13.9 Å². The van der Waals surface area contributed by atoms with Gasteiger partial charge in [-0.2, -0.15) is 0 Å². The van der Waals surface area contributed by atoms with Crippen molar-refractivity contribution in [2.45, 2.75) is 32.6 Å². The molecule has 0 N–H and O–H groups in total. The monoisotopic (exact) mass is 352 g/mol. The van der Waals surface area contributed by atoms with Crippen LogP contribution in [0, 0.1) is 0 Å². The maximum atomic E-state index is 12.0. The van der Waals surface area contributed by atoms with Crippen LogP contribution >= 0.6 is 0 Å². The highest BCUT2D eigenvalue weighted by Crippen LogP contribution is 2.38. The molecule has 1 heterocycles. The number of Topliss-reactive ketones (excluding diaryl/α,β-unsaturated/α-hetero) is 1. The molecular weight excluding hydrogens is 328 g/mol. The fourth-order valence-corrected chi connectivity index (χ4v) is 3.08. The van der Waals surface area contributed by atoms with Gasteiger partial charge in [0.2, 0.25) is 0 Å². The van der Waals surface area contributed by atoms with Crippen LogP contribution in [0.4, 0.5) is 0 Å². The summed E-state index contributed by atoms with van der Waals surface area (Å²) in [6, 6.07) is 14.0. The second-order valence-electron chi connectivity index (χ2n) is 6.32. The van der Waals surface area contributed by atoms with Gasteiger partial charge in [-0.3, -0.25) is 4.79 Å². The summed E-state index contributed by atoms with van der Waals surface area (Å²) in [6.07, 6.45) is 5.80. The molecule has 0 atom stereocenters. The van der Waals surface area contributed by atoms with Gasteiger partial charge in [-0.1, -0.05) is 30.3 Å². The molecule has 0 saturated heterocycles. The third-order valence-corrected chi connectivity index (χ3v) is 4.45. The molecule has 3 aromatic rings. The van der Waals surface area contributed by atoms with Crippen LogP contribution in [0.3, 0.4) is 0 Å². The van der Waals surface area contributed by atoms with Crippen molar-refractivity contribution in [1.82, 2.24) is 0 Å². The minimum absolute atomic E-state index is 0.0505. The Labute approximate surface area is 153 Å². The molecule has 0 bridgehead atoms. The summed E-state index contributed by atoms with van der Waals surface area (Å²) in [4.78, 5) is 12.0. The Kier molecular flexibility index (Phi) is 5.95. The number of fused-ring (bicyclic) bond motifs is 1. The Balaban J connectivity index is 1.60. The molecule has 0 aliphatic rings. The van der Waals surface area contributed by atoms with Crippen LogP contribution in [0.5, 0.6) is 11.5 Å². The Morgan fingerprint density at radius 2 is 1.88 bits per heavy atom. The minimum Gasteiger partial charge on any atom is -0.493 e.